The zero-order valence-electron chi connectivity index (χ0n) is 11.4. The normalized spacial score (nSPS) is 18.7. The van der Waals surface area contributed by atoms with Crippen LogP contribution in [0, 0.1) is 6.92 Å². The van der Waals surface area contributed by atoms with Crippen molar-refractivity contribution >= 4 is 0 Å². The molecule has 1 fully saturated rings. The van der Waals surface area contributed by atoms with Crippen molar-refractivity contribution in [1.82, 2.24) is 15.3 Å². The van der Waals surface area contributed by atoms with Gasteiger partial charge in [0.25, 0.3) is 0 Å². The molecule has 2 heterocycles. The molecule has 1 aliphatic rings. The summed E-state index contributed by atoms with van der Waals surface area (Å²) in [6.07, 6.45) is 4.28. The summed E-state index contributed by atoms with van der Waals surface area (Å²) in [5, 5.41) is 3.45. The van der Waals surface area contributed by atoms with Gasteiger partial charge in [0.15, 0.2) is 0 Å². The first-order valence-electron chi connectivity index (χ1n) is 6.71. The number of ether oxygens (including phenoxy) is 1. The largest absolute Gasteiger partial charge is 0.496 e. The molecule has 3 rings (SSSR count). The van der Waals surface area contributed by atoms with Crippen LogP contribution in [0.25, 0.3) is 11.3 Å². The molecule has 0 saturated carbocycles. The first-order chi connectivity index (χ1) is 9.28. The Morgan fingerprint density at radius 3 is 3.00 bits per heavy atom. The van der Waals surface area contributed by atoms with E-state index in [0.29, 0.717) is 6.04 Å². The lowest BCUT2D eigenvalue weighted by molar-refractivity contribution is 0.412. The van der Waals surface area contributed by atoms with Gasteiger partial charge in [0.1, 0.15) is 11.6 Å². The minimum atomic E-state index is 0.376. The van der Waals surface area contributed by atoms with Crippen LogP contribution in [0.1, 0.15) is 30.3 Å². The molecule has 0 aliphatic carbocycles. The predicted molar refractivity (Wildman–Crippen MR) is 75.3 cm³/mol. The van der Waals surface area contributed by atoms with Gasteiger partial charge in [0.05, 0.1) is 25.0 Å². The highest BCUT2D eigenvalue weighted by atomic mass is 16.5. The molecule has 4 nitrogen and oxygen atoms in total. The lowest BCUT2D eigenvalue weighted by Gasteiger charge is -2.07. The number of rotatable bonds is 3. The van der Waals surface area contributed by atoms with Crippen LogP contribution in [-0.4, -0.2) is 23.6 Å². The number of imidazole rings is 1. The molecule has 1 saturated heterocycles. The Hall–Kier alpha value is -1.81. The summed E-state index contributed by atoms with van der Waals surface area (Å²) in [7, 11) is 1.70. The Morgan fingerprint density at radius 2 is 2.26 bits per heavy atom. The molecule has 1 aromatic carbocycles. The molecular weight excluding hydrogens is 238 g/mol. The number of aromatic nitrogens is 2. The average Bonchev–Trinajstić information content (AvgIpc) is 3.10. The fraction of sp³-hybridized carbons (Fsp3) is 0.400. The zero-order chi connectivity index (χ0) is 13.2. The summed E-state index contributed by atoms with van der Waals surface area (Å²) in [6.45, 7) is 3.13. The molecule has 4 heteroatoms. The number of nitrogens with one attached hydrogen (secondary N) is 2. The molecule has 0 bridgehead atoms. The molecule has 100 valence electrons. The van der Waals surface area contributed by atoms with Gasteiger partial charge in [0.2, 0.25) is 0 Å². The first kappa shape index (κ1) is 12.2. The van der Waals surface area contributed by atoms with Crippen molar-refractivity contribution in [3.8, 4) is 17.0 Å². The fourth-order valence-corrected chi connectivity index (χ4v) is 2.57. The van der Waals surface area contributed by atoms with Crippen LogP contribution in [0.4, 0.5) is 0 Å². The second kappa shape index (κ2) is 5.05. The lowest BCUT2D eigenvalue weighted by atomic mass is 10.1. The maximum Gasteiger partial charge on any atom is 0.123 e. The fourth-order valence-electron chi connectivity index (χ4n) is 2.57. The van der Waals surface area contributed by atoms with E-state index < -0.39 is 0 Å². The van der Waals surface area contributed by atoms with Gasteiger partial charge < -0.3 is 15.0 Å². The van der Waals surface area contributed by atoms with Crippen LogP contribution in [0.2, 0.25) is 0 Å². The van der Waals surface area contributed by atoms with Crippen molar-refractivity contribution < 1.29 is 4.74 Å². The van der Waals surface area contributed by atoms with E-state index in [4.69, 9.17) is 4.74 Å². The minimum absolute atomic E-state index is 0.376. The van der Waals surface area contributed by atoms with Crippen molar-refractivity contribution in [2.45, 2.75) is 25.8 Å². The van der Waals surface area contributed by atoms with Crippen molar-refractivity contribution in [3.63, 3.8) is 0 Å². The van der Waals surface area contributed by atoms with Gasteiger partial charge in [-0.3, -0.25) is 0 Å². The highest BCUT2D eigenvalue weighted by Crippen LogP contribution is 2.27. The molecule has 0 amide bonds. The number of aromatic amines is 1. The number of benzene rings is 1. The van der Waals surface area contributed by atoms with E-state index in [9.17, 15) is 0 Å². The quantitative estimate of drug-likeness (QED) is 0.889. The average molecular weight is 257 g/mol. The molecule has 1 aromatic heterocycles. The van der Waals surface area contributed by atoms with Gasteiger partial charge in [-0.1, -0.05) is 12.1 Å². The highest BCUT2D eigenvalue weighted by Gasteiger charge is 2.19. The van der Waals surface area contributed by atoms with E-state index >= 15 is 0 Å². The zero-order valence-corrected chi connectivity index (χ0v) is 11.4. The minimum Gasteiger partial charge on any atom is -0.496 e. The van der Waals surface area contributed by atoms with E-state index in [2.05, 4.69) is 33.5 Å². The standard InChI is InChI=1S/C15H19N3O/c1-10-5-6-11(8-14(10)19-2)13-9-17-15(18-13)12-4-3-7-16-12/h5-6,8-9,12,16H,3-4,7H2,1-2H3,(H,17,18). The maximum atomic E-state index is 5.37. The van der Waals surface area contributed by atoms with Crippen LogP contribution < -0.4 is 10.1 Å². The van der Waals surface area contributed by atoms with Gasteiger partial charge in [-0.2, -0.15) is 0 Å². The summed E-state index contributed by atoms with van der Waals surface area (Å²) in [5.74, 6) is 1.94. The molecular formula is C15H19N3O. The van der Waals surface area contributed by atoms with Gasteiger partial charge in [0, 0.05) is 5.56 Å². The van der Waals surface area contributed by atoms with Crippen molar-refractivity contribution in [2.24, 2.45) is 0 Å². The number of hydrogen-bond acceptors (Lipinski definition) is 3. The Kier molecular flexibility index (Phi) is 3.25. The lowest BCUT2D eigenvalue weighted by Crippen LogP contribution is -2.14. The van der Waals surface area contributed by atoms with Crippen molar-refractivity contribution in [2.75, 3.05) is 13.7 Å². The van der Waals surface area contributed by atoms with E-state index in [1.807, 2.05) is 13.1 Å². The molecule has 0 radical (unpaired) electrons. The van der Waals surface area contributed by atoms with Crippen molar-refractivity contribution in [1.29, 1.82) is 0 Å². The third-order valence-corrected chi connectivity index (χ3v) is 3.70. The summed E-state index contributed by atoms with van der Waals surface area (Å²) >= 11 is 0. The van der Waals surface area contributed by atoms with Crippen LogP contribution in [0.5, 0.6) is 5.75 Å². The van der Waals surface area contributed by atoms with E-state index in [0.717, 1.165) is 41.4 Å². The van der Waals surface area contributed by atoms with Crippen LogP contribution in [-0.2, 0) is 0 Å². The molecule has 1 atom stereocenters. The van der Waals surface area contributed by atoms with E-state index in [-0.39, 0.29) is 0 Å². The molecule has 2 N–H and O–H groups in total. The van der Waals surface area contributed by atoms with Crippen LogP contribution in [0.15, 0.2) is 24.4 Å². The summed E-state index contributed by atoms with van der Waals surface area (Å²) in [5.41, 5.74) is 3.30. The third kappa shape index (κ3) is 2.36. The third-order valence-electron chi connectivity index (χ3n) is 3.70. The SMILES string of the molecule is COc1cc(-c2cnc(C3CCCN3)[nH]2)ccc1C. The highest BCUT2D eigenvalue weighted by molar-refractivity contribution is 5.62. The Labute approximate surface area is 113 Å². The summed E-state index contributed by atoms with van der Waals surface area (Å²) < 4.78 is 5.37. The second-order valence-electron chi connectivity index (χ2n) is 5.02. The summed E-state index contributed by atoms with van der Waals surface area (Å²) in [4.78, 5) is 7.91. The van der Waals surface area contributed by atoms with Gasteiger partial charge in [-0.05, 0) is 37.9 Å². The smallest absolute Gasteiger partial charge is 0.123 e. The number of nitrogens with zero attached hydrogens (tertiary/aromatic N) is 1. The molecule has 1 aliphatic heterocycles. The van der Waals surface area contributed by atoms with Crippen molar-refractivity contribution in [3.05, 3.63) is 35.8 Å². The molecule has 0 spiro atoms. The predicted octanol–water partition coefficient (Wildman–Crippen LogP) is 2.82. The topological polar surface area (TPSA) is 49.9 Å². The first-order valence-corrected chi connectivity index (χ1v) is 6.71. The van der Waals surface area contributed by atoms with Gasteiger partial charge in [-0.25, -0.2) is 4.98 Å². The maximum absolute atomic E-state index is 5.37. The van der Waals surface area contributed by atoms with Crippen LogP contribution in [0.3, 0.4) is 0 Å². The summed E-state index contributed by atoms with van der Waals surface area (Å²) in [6, 6.07) is 6.59. The van der Waals surface area contributed by atoms with E-state index in [1.54, 1.807) is 7.11 Å². The Morgan fingerprint density at radius 1 is 1.37 bits per heavy atom. The monoisotopic (exact) mass is 257 g/mol. The second-order valence-corrected chi connectivity index (χ2v) is 5.02. The number of methoxy groups -OCH3 is 1. The Bertz CT molecular complexity index is 571. The molecule has 2 aromatic rings. The van der Waals surface area contributed by atoms with E-state index in [1.165, 1.54) is 6.42 Å². The number of hydrogen-bond donors (Lipinski definition) is 2. The van der Waals surface area contributed by atoms with Crippen LogP contribution >= 0.6 is 0 Å². The van der Waals surface area contributed by atoms with Gasteiger partial charge >= 0.3 is 0 Å². The number of H-pyrrole nitrogens is 1. The number of aryl methyl sites for hydroxylation is 1. The Balaban J connectivity index is 1.89. The molecule has 19 heavy (non-hydrogen) atoms. The molecule has 1 unspecified atom stereocenters. The van der Waals surface area contributed by atoms with Gasteiger partial charge in [-0.15, -0.1) is 0 Å².